The van der Waals surface area contributed by atoms with Gasteiger partial charge in [0.2, 0.25) is 5.82 Å². The molecule has 0 unspecified atom stereocenters. The summed E-state index contributed by atoms with van der Waals surface area (Å²) in [4.78, 5) is 0. The fourth-order valence-corrected chi connectivity index (χ4v) is 3.86. The van der Waals surface area contributed by atoms with Crippen molar-refractivity contribution in [2.75, 3.05) is 6.61 Å². The molecule has 0 bridgehead atoms. The monoisotopic (exact) mass is 404 g/mol. The maximum atomic E-state index is 14.4. The Labute approximate surface area is 170 Å². The SMILES string of the molecule is CC=Cc1ccc(COC2CCC(c3ccc(OCC)c(F)c3F)CC2)cc1F. The van der Waals surface area contributed by atoms with E-state index >= 15 is 0 Å². The molecule has 0 aromatic heterocycles. The molecule has 0 spiro atoms. The number of ether oxygens (including phenoxy) is 2. The van der Waals surface area contributed by atoms with Gasteiger partial charge in [0.25, 0.3) is 0 Å². The van der Waals surface area contributed by atoms with Gasteiger partial charge in [-0.3, -0.25) is 0 Å². The zero-order valence-corrected chi connectivity index (χ0v) is 16.9. The van der Waals surface area contributed by atoms with Gasteiger partial charge in [-0.25, -0.2) is 8.78 Å². The van der Waals surface area contributed by atoms with Crippen molar-refractivity contribution < 1.29 is 22.6 Å². The quantitative estimate of drug-likeness (QED) is 0.506. The molecule has 0 atom stereocenters. The summed E-state index contributed by atoms with van der Waals surface area (Å²) in [6, 6.07) is 8.24. The van der Waals surface area contributed by atoms with Crippen LogP contribution in [0, 0.1) is 17.5 Å². The van der Waals surface area contributed by atoms with Crippen molar-refractivity contribution in [1.82, 2.24) is 0 Å². The highest BCUT2D eigenvalue weighted by Gasteiger charge is 2.27. The second kappa shape index (κ2) is 9.97. The molecule has 1 aliphatic carbocycles. The van der Waals surface area contributed by atoms with Crippen LogP contribution in [0.15, 0.2) is 36.4 Å². The molecule has 156 valence electrons. The van der Waals surface area contributed by atoms with Gasteiger partial charge in [-0.15, -0.1) is 0 Å². The molecule has 1 fully saturated rings. The fraction of sp³-hybridized carbons (Fsp3) is 0.417. The van der Waals surface area contributed by atoms with E-state index in [1.54, 1.807) is 31.2 Å². The lowest BCUT2D eigenvalue weighted by atomic mass is 9.82. The molecule has 2 nitrogen and oxygen atoms in total. The van der Waals surface area contributed by atoms with Crippen LogP contribution < -0.4 is 4.74 Å². The molecule has 29 heavy (non-hydrogen) atoms. The molecular formula is C24H27F3O2. The highest BCUT2D eigenvalue weighted by molar-refractivity contribution is 5.50. The van der Waals surface area contributed by atoms with E-state index < -0.39 is 11.6 Å². The Kier molecular flexibility index (Phi) is 7.37. The minimum Gasteiger partial charge on any atom is -0.491 e. The number of rotatable bonds is 7. The summed E-state index contributed by atoms with van der Waals surface area (Å²) in [5.41, 5.74) is 1.75. The maximum Gasteiger partial charge on any atom is 0.200 e. The van der Waals surface area contributed by atoms with Crippen LogP contribution >= 0.6 is 0 Å². The largest absolute Gasteiger partial charge is 0.491 e. The third-order valence-electron chi connectivity index (χ3n) is 5.39. The van der Waals surface area contributed by atoms with Gasteiger partial charge in [0, 0.05) is 5.56 Å². The Bertz CT molecular complexity index is 855. The van der Waals surface area contributed by atoms with Gasteiger partial charge in [0.05, 0.1) is 19.3 Å². The standard InChI is InChI=1S/C24H27F3O2/c1-3-5-18-7-6-16(14-21(18)25)15-29-19-10-8-17(9-11-19)20-12-13-22(28-4-2)24(27)23(20)26/h3,5-7,12-14,17,19H,4,8-11,15H2,1-2H3. The van der Waals surface area contributed by atoms with E-state index in [4.69, 9.17) is 9.47 Å². The van der Waals surface area contributed by atoms with Crippen molar-refractivity contribution in [2.45, 2.75) is 58.2 Å². The molecule has 2 aromatic carbocycles. The van der Waals surface area contributed by atoms with Crippen LogP contribution in [0.1, 0.15) is 62.1 Å². The second-order valence-corrected chi connectivity index (χ2v) is 7.35. The summed E-state index contributed by atoms with van der Waals surface area (Å²) >= 11 is 0. The topological polar surface area (TPSA) is 18.5 Å². The summed E-state index contributed by atoms with van der Waals surface area (Å²) in [5, 5.41) is 0. The van der Waals surface area contributed by atoms with E-state index in [9.17, 15) is 13.2 Å². The molecule has 0 amide bonds. The van der Waals surface area contributed by atoms with Gasteiger partial charge >= 0.3 is 0 Å². The first-order valence-corrected chi connectivity index (χ1v) is 10.2. The Balaban J connectivity index is 1.54. The Hall–Kier alpha value is -2.27. The number of hydrogen-bond donors (Lipinski definition) is 0. The molecule has 3 rings (SSSR count). The minimum atomic E-state index is -0.911. The molecule has 5 heteroatoms. The molecule has 0 aliphatic heterocycles. The third kappa shape index (κ3) is 5.21. The predicted molar refractivity (Wildman–Crippen MR) is 108 cm³/mol. The molecule has 2 aromatic rings. The average molecular weight is 404 g/mol. The van der Waals surface area contributed by atoms with Crippen LogP contribution in [0.4, 0.5) is 13.2 Å². The van der Waals surface area contributed by atoms with Crippen LogP contribution in [0.25, 0.3) is 6.08 Å². The van der Waals surface area contributed by atoms with Gasteiger partial charge in [-0.1, -0.05) is 30.4 Å². The number of halogens is 3. The lowest BCUT2D eigenvalue weighted by Crippen LogP contribution is -2.21. The Morgan fingerprint density at radius 2 is 1.76 bits per heavy atom. The molecule has 0 heterocycles. The number of hydrogen-bond acceptors (Lipinski definition) is 2. The summed E-state index contributed by atoms with van der Waals surface area (Å²) in [6.45, 7) is 4.21. The van der Waals surface area contributed by atoms with Gasteiger partial charge in [-0.2, -0.15) is 4.39 Å². The van der Waals surface area contributed by atoms with Crippen LogP contribution in [0.2, 0.25) is 0 Å². The third-order valence-corrected chi connectivity index (χ3v) is 5.39. The highest BCUT2D eigenvalue weighted by Crippen LogP contribution is 2.37. The molecule has 1 saturated carbocycles. The lowest BCUT2D eigenvalue weighted by Gasteiger charge is -2.29. The van der Waals surface area contributed by atoms with E-state index in [1.165, 1.54) is 12.1 Å². The van der Waals surface area contributed by atoms with E-state index in [0.29, 0.717) is 24.3 Å². The first-order chi connectivity index (χ1) is 14.0. The molecule has 0 saturated heterocycles. The summed E-state index contributed by atoms with van der Waals surface area (Å²) in [5.74, 6) is -2.06. The number of allylic oxidation sites excluding steroid dienone is 1. The van der Waals surface area contributed by atoms with Gasteiger partial charge in [-0.05, 0) is 68.7 Å². The fourth-order valence-electron chi connectivity index (χ4n) is 3.86. The molecule has 1 aliphatic rings. The summed E-state index contributed by atoms with van der Waals surface area (Å²) in [6.07, 6.45) is 6.54. The maximum absolute atomic E-state index is 14.4. The van der Waals surface area contributed by atoms with Crippen molar-refractivity contribution in [3.63, 3.8) is 0 Å². The zero-order valence-electron chi connectivity index (χ0n) is 16.9. The van der Waals surface area contributed by atoms with Gasteiger partial charge < -0.3 is 9.47 Å². The smallest absolute Gasteiger partial charge is 0.200 e. The molecule has 0 N–H and O–H groups in total. The zero-order chi connectivity index (χ0) is 20.8. The van der Waals surface area contributed by atoms with Crippen molar-refractivity contribution in [2.24, 2.45) is 0 Å². The summed E-state index contributed by atoms with van der Waals surface area (Å²) in [7, 11) is 0. The van der Waals surface area contributed by atoms with Gasteiger partial charge in [0.1, 0.15) is 5.82 Å². The predicted octanol–water partition coefficient (Wildman–Crippen LogP) is 6.78. The van der Waals surface area contributed by atoms with Crippen LogP contribution in [-0.4, -0.2) is 12.7 Å². The van der Waals surface area contributed by atoms with Crippen molar-refractivity contribution >= 4 is 6.08 Å². The Morgan fingerprint density at radius 3 is 2.41 bits per heavy atom. The van der Waals surface area contributed by atoms with E-state index in [-0.39, 0.29) is 23.6 Å². The van der Waals surface area contributed by atoms with E-state index in [1.807, 2.05) is 13.0 Å². The lowest BCUT2D eigenvalue weighted by molar-refractivity contribution is 0.0130. The summed E-state index contributed by atoms with van der Waals surface area (Å²) < 4.78 is 53.6. The van der Waals surface area contributed by atoms with Gasteiger partial charge in [0.15, 0.2) is 11.6 Å². The highest BCUT2D eigenvalue weighted by atomic mass is 19.2. The van der Waals surface area contributed by atoms with E-state index in [2.05, 4.69) is 0 Å². The van der Waals surface area contributed by atoms with Crippen LogP contribution in [-0.2, 0) is 11.3 Å². The number of benzene rings is 2. The second-order valence-electron chi connectivity index (χ2n) is 7.35. The minimum absolute atomic E-state index is 0.0300. The average Bonchev–Trinajstić information content (AvgIpc) is 2.73. The molecular weight excluding hydrogens is 377 g/mol. The first-order valence-electron chi connectivity index (χ1n) is 10.2. The van der Waals surface area contributed by atoms with E-state index in [0.717, 1.165) is 31.2 Å². The molecule has 0 radical (unpaired) electrons. The van der Waals surface area contributed by atoms with Crippen molar-refractivity contribution in [1.29, 1.82) is 0 Å². The van der Waals surface area contributed by atoms with Crippen LogP contribution in [0.5, 0.6) is 5.75 Å². The first kappa shape index (κ1) is 21.4. The van der Waals surface area contributed by atoms with Crippen LogP contribution in [0.3, 0.4) is 0 Å². The van der Waals surface area contributed by atoms with Crippen molar-refractivity contribution in [3.05, 3.63) is 70.5 Å². The normalized spacial score (nSPS) is 19.6. The van der Waals surface area contributed by atoms with Crippen molar-refractivity contribution in [3.8, 4) is 5.75 Å². The Morgan fingerprint density at radius 1 is 1.00 bits per heavy atom.